The van der Waals surface area contributed by atoms with E-state index in [1.807, 2.05) is 73.7 Å². The molecule has 11 heteroatoms. The van der Waals surface area contributed by atoms with Gasteiger partial charge in [-0.2, -0.15) is 9.36 Å². The molecule has 0 saturated heterocycles. The number of nitrogens with zero attached hydrogens (tertiary/aromatic N) is 2. The molecule has 45 heavy (non-hydrogen) atoms. The van der Waals surface area contributed by atoms with Gasteiger partial charge in [0.2, 0.25) is 16.2 Å². The number of nitrogens with one attached hydrogen (secondary N) is 3. The number of anilines is 2. The van der Waals surface area contributed by atoms with Crippen LogP contribution in [0.1, 0.15) is 22.8 Å². The minimum atomic E-state index is -0.483. The predicted molar refractivity (Wildman–Crippen MR) is 184 cm³/mol. The van der Waals surface area contributed by atoms with E-state index in [1.54, 1.807) is 48.5 Å². The second-order valence-electron chi connectivity index (χ2n) is 9.50. The van der Waals surface area contributed by atoms with Gasteiger partial charge in [0.05, 0.1) is 5.75 Å². The number of hydrogen-bond acceptors (Lipinski definition) is 8. The predicted octanol–water partition coefficient (Wildman–Crippen LogP) is 7.46. The molecule has 8 nitrogen and oxygen atoms in total. The van der Waals surface area contributed by atoms with Crippen LogP contribution in [0.3, 0.4) is 0 Å². The van der Waals surface area contributed by atoms with Gasteiger partial charge in [0, 0.05) is 27.7 Å². The number of rotatable bonds is 12. The van der Waals surface area contributed by atoms with E-state index in [0.717, 1.165) is 38.9 Å². The van der Waals surface area contributed by atoms with Crippen molar-refractivity contribution in [3.05, 3.63) is 126 Å². The summed E-state index contributed by atoms with van der Waals surface area (Å²) in [4.78, 5) is 44.1. The first kappa shape index (κ1) is 31.7. The van der Waals surface area contributed by atoms with E-state index in [0.29, 0.717) is 21.5 Å². The molecule has 1 heterocycles. The fourth-order valence-electron chi connectivity index (χ4n) is 4.13. The standard InChI is InChI=1S/C34H29N5O3S3/c1-2-43-34-38-33(45-39-34)37-30(40)22-44-28-15-9-14-27(21-28)35-32(42)29(36-31(41)26-12-7-4-8-13-26)20-23-16-18-25(19-17-23)24-10-5-3-6-11-24/h3-21H,2,22H2,1H3,(H,35,42)(H,36,41)(H,37,38,39,40)/b29-20+. The lowest BCUT2D eigenvalue weighted by molar-refractivity contribution is -0.114. The zero-order valence-electron chi connectivity index (χ0n) is 24.2. The van der Waals surface area contributed by atoms with Gasteiger partial charge in [0.1, 0.15) is 5.70 Å². The highest BCUT2D eigenvalue weighted by Crippen LogP contribution is 2.24. The molecule has 0 aliphatic carbocycles. The molecule has 3 N–H and O–H groups in total. The van der Waals surface area contributed by atoms with Gasteiger partial charge in [-0.15, -0.1) is 11.8 Å². The first-order valence-corrected chi connectivity index (χ1v) is 16.8. The quantitative estimate of drug-likeness (QED) is 0.0948. The van der Waals surface area contributed by atoms with Crippen LogP contribution in [0.2, 0.25) is 0 Å². The molecule has 0 radical (unpaired) electrons. The second-order valence-corrected chi connectivity index (χ2v) is 12.5. The summed E-state index contributed by atoms with van der Waals surface area (Å²) < 4.78 is 4.21. The monoisotopic (exact) mass is 651 g/mol. The maximum Gasteiger partial charge on any atom is 0.272 e. The van der Waals surface area contributed by atoms with E-state index in [2.05, 4.69) is 25.3 Å². The van der Waals surface area contributed by atoms with Crippen molar-refractivity contribution in [2.75, 3.05) is 22.1 Å². The van der Waals surface area contributed by atoms with Crippen molar-refractivity contribution in [1.82, 2.24) is 14.7 Å². The third-order valence-corrected chi connectivity index (χ3v) is 8.72. The topological polar surface area (TPSA) is 113 Å². The van der Waals surface area contributed by atoms with Crippen LogP contribution >= 0.6 is 35.1 Å². The van der Waals surface area contributed by atoms with Crippen LogP contribution in [0.15, 0.2) is 125 Å². The fraction of sp³-hybridized carbons (Fsp3) is 0.0882. The van der Waals surface area contributed by atoms with Gasteiger partial charge in [-0.25, -0.2) is 0 Å². The second kappa shape index (κ2) is 15.8. The number of aromatic nitrogens is 2. The molecule has 0 aliphatic rings. The molecule has 5 rings (SSSR count). The van der Waals surface area contributed by atoms with E-state index >= 15 is 0 Å². The molecule has 0 spiro atoms. The van der Waals surface area contributed by atoms with Crippen molar-refractivity contribution in [3.8, 4) is 11.1 Å². The Kier molecular flexibility index (Phi) is 11.2. The molecule has 4 aromatic carbocycles. The molecule has 0 saturated carbocycles. The highest BCUT2D eigenvalue weighted by atomic mass is 32.2. The van der Waals surface area contributed by atoms with Crippen LogP contribution in [0.5, 0.6) is 0 Å². The van der Waals surface area contributed by atoms with Crippen LogP contribution in [0.4, 0.5) is 10.8 Å². The first-order chi connectivity index (χ1) is 22.0. The summed E-state index contributed by atoms with van der Waals surface area (Å²) in [6.45, 7) is 2.01. The Bertz CT molecular complexity index is 1790. The summed E-state index contributed by atoms with van der Waals surface area (Å²) >= 11 is 3.99. The first-order valence-electron chi connectivity index (χ1n) is 14.0. The molecule has 0 unspecified atom stereocenters. The Morgan fingerprint density at radius 2 is 1.51 bits per heavy atom. The normalized spacial score (nSPS) is 11.1. The van der Waals surface area contributed by atoms with E-state index in [9.17, 15) is 14.4 Å². The molecule has 226 valence electrons. The van der Waals surface area contributed by atoms with Gasteiger partial charge in [0.25, 0.3) is 11.8 Å². The third-order valence-electron chi connectivity index (χ3n) is 6.25. The largest absolute Gasteiger partial charge is 0.321 e. The lowest BCUT2D eigenvalue weighted by Gasteiger charge is -2.12. The summed E-state index contributed by atoms with van der Waals surface area (Å²) in [5.41, 5.74) is 3.92. The molecule has 0 fully saturated rings. The summed E-state index contributed by atoms with van der Waals surface area (Å²) in [6.07, 6.45) is 1.64. The van der Waals surface area contributed by atoms with E-state index in [1.165, 1.54) is 23.5 Å². The van der Waals surface area contributed by atoms with Crippen molar-refractivity contribution in [1.29, 1.82) is 0 Å². The summed E-state index contributed by atoms with van der Waals surface area (Å²) in [6, 6.07) is 33.6. The Labute approximate surface area is 273 Å². The Balaban J connectivity index is 1.28. The van der Waals surface area contributed by atoms with Crippen molar-refractivity contribution >= 4 is 69.7 Å². The summed E-state index contributed by atoms with van der Waals surface area (Å²) in [5.74, 6) is -0.0752. The van der Waals surface area contributed by atoms with Crippen molar-refractivity contribution in [3.63, 3.8) is 0 Å². The Morgan fingerprint density at radius 1 is 0.800 bits per heavy atom. The minimum absolute atomic E-state index is 0.0893. The molecule has 3 amide bonds. The van der Waals surface area contributed by atoms with Crippen LogP contribution in [0, 0.1) is 0 Å². The third kappa shape index (κ3) is 9.39. The van der Waals surface area contributed by atoms with E-state index in [4.69, 9.17) is 0 Å². The van der Waals surface area contributed by atoms with Crippen LogP contribution in [0.25, 0.3) is 17.2 Å². The molecular formula is C34H29N5O3S3. The van der Waals surface area contributed by atoms with E-state index < -0.39 is 11.8 Å². The molecular weight excluding hydrogens is 623 g/mol. The number of carbonyl (C=O) groups is 3. The molecule has 0 bridgehead atoms. The zero-order chi connectivity index (χ0) is 31.4. The van der Waals surface area contributed by atoms with Crippen molar-refractivity contribution in [2.24, 2.45) is 0 Å². The van der Waals surface area contributed by atoms with Gasteiger partial charge in [-0.3, -0.25) is 19.7 Å². The minimum Gasteiger partial charge on any atom is -0.321 e. The highest BCUT2D eigenvalue weighted by Gasteiger charge is 2.16. The maximum atomic E-state index is 13.5. The molecule has 0 atom stereocenters. The number of amides is 3. The zero-order valence-corrected chi connectivity index (χ0v) is 26.7. The lowest BCUT2D eigenvalue weighted by Crippen LogP contribution is -2.30. The molecule has 0 aliphatic heterocycles. The number of thioether (sulfide) groups is 2. The van der Waals surface area contributed by atoms with Gasteiger partial charge in [-0.1, -0.05) is 97.5 Å². The number of benzene rings is 4. The van der Waals surface area contributed by atoms with Crippen molar-refractivity contribution in [2.45, 2.75) is 17.0 Å². The Hall–Kier alpha value is -4.71. The summed E-state index contributed by atoms with van der Waals surface area (Å²) in [5, 5.41) is 9.54. The highest BCUT2D eigenvalue weighted by molar-refractivity contribution is 8.00. The SMILES string of the molecule is CCSc1nsc(NC(=O)CSc2cccc(NC(=O)/C(=C\c3ccc(-c4ccccc4)cc3)NC(=O)c3ccccc3)c2)n1. The molecule has 1 aromatic heterocycles. The van der Waals surface area contributed by atoms with Crippen LogP contribution in [-0.4, -0.2) is 38.6 Å². The van der Waals surface area contributed by atoms with Crippen LogP contribution < -0.4 is 16.0 Å². The lowest BCUT2D eigenvalue weighted by atomic mass is 10.0. The maximum absolute atomic E-state index is 13.5. The number of carbonyl (C=O) groups excluding carboxylic acids is 3. The fourth-order valence-corrected chi connectivity index (χ4v) is 6.17. The average Bonchev–Trinajstić information content (AvgIpc) is 3.51. The van der Waals surface area contributed by atoms with Gasteiger partial charge in [-0.05, 0) is 58.9 Å². The van der Waals surface area contributed by atoms with E-state index in [-0.39, 0.29) is 17.4 Å². The van der Waals surface area contributed by atoms with Crippen molar-refractivity contribution < 1.29 is 14.4 Å². The van der Waals surface area contributed by atoms with Gasteiger partial charge in [0.15, 0.2) is 0 Å². The smallest absolute Gasteiger partial charge is 0.272 e. The summed E-state index contributed by atoms with van der Waals surface area (Å²) in [7, 11) is 0. The van der Waals surface area contributed by atoms with Crippen LogP contribution in [-0.2, 0) is 9.59 Å². The van der Waals surface area contributed by atoms with Gasteiger partial charge < -0.3 is 10.6 Å². The number of hydrogen-bond donors (Lipinski definition) is 3. The average molecular weight is 652 g/mol. The Morgan fingerprint density at radius 3 is 2.24 bits per heavy atom. The molecule has 5 aromatic rings. The van der Waals surface area contributed by atoms with Gasteiger partial charge >= 0.3 is 0 Å².